The third-order valence-electron chi connectivity index (χ3n) is 7.32. The van der Waals surface area contributed by atoms with Gasteiger partial charge in [0.25, 0.3) is 0 Å². The van der Waals surface area contributed by atoms with Crippen molar-refractivity contribution in [2.45, 2.75) is 33.1 Å². The number of aromatic nitrogens is 3. The van der Waals surface area contributed by atoms with E-state index in [1.54, 1.807) is 0 Å². The first-order chi connectivity index (χ1) is 17.4. The van der Waals surface area contributed by atoms with E-state index in [9.17, 15) is 0 Å². The van der Waals surface area contributed by atoms with Gasteiger partial charge in [-0.05, 0) is 72.0 Å². The molecule has 36 heavy (non-hydrogen) atoms. The summed E-state index contributed by atoms with van der Waals surface area (Å²) in [5.74, 6) is 0.943. The monoisotopic (exact) mass is 467 g/mol. The van der Waals surface area contributed by atoms with Crippen LogP contribution in [0.4, 0.5) is 0 Å². The van der Waals surface area contributed by atoms with Crippen molar-refractivity contribution in [3.05, 3.63) is 126 Å². The van der Waals surface area contributed by atoms with Gasteiger partial charge < -0.3 is 0 Å². The van der Waals surface area contributed by atoms with Crippen LogP contribution in [0.15, 0.2) is 103 Å². The van der Waals surface area contributed by atoms with Crippen molar-refractivity contribution in [2.24, 2.45) is 0 Å². The summed E-state index contributed by atoms with van der Waals surface area (Å²) in [4.78, 5) is 9.46. The second-order valence-corrected chi connectivity index (χ2v) is 10.2. The molecule has 6 rings (SSSR count). The van der Waals surface area contributed by atoms with Crippen molar-refractivity contribution < 1.29 is 0 Å². The Bertz CT molecular complexity index is 1740. The van der Waals surface area contributed by atoms with E-state index in [1.165, 1.54) is 44.1 Å². The molecule has 0 aliphatic rings. The zero-order chi connectivity index (χ0) is 24.9. The van der Waals surface area contributed by atoms with Crippen LogP contribution in [0.2, 0.25) is 0 Å². The summed E-state index contributed by atoms with van der Waals surface area (Å²) in [6.07, 6.45) is 3.78. The molecule has 0 saturated carbocycles. The molecule has 0 N–H and O–H groups in total. The van der Waals surface area contributed by atoms with E-state index in [0.29, 0.717) is 0 Å². The Labute approximate surface area is 212 Å². The minimum absolute atomic E-state index is 0.203. The topological polar surface area (TPSA) is 30.7 Å². The molecule has 3 aromatic heterocycles. The second-order valence-electron chi connectivity index (χ2n) is 10.2. The average molecular weight is 468 g/mol. The number of para-hydroxylation sites is 1. The summed E-state index contributed by atoms with van der Waals surface area (Å²) < 4.78 is 2.28. The van der Waals surface area contributed by atoms with Crippen molar-refractivity contribution in [3.8, 4) is 16.9 Å². The van der Waals surface area contributed by atoms with Crippen LogP contribution >= 0.6 is 0 Å². The molecule has 3 aromatic carbocycles. The average Bonchev–Trinajstić information content (AvgIpc) is 3.22. The van der Waals surface area contributed by atoms with Crippen molar-refractivity contribution >= 4 is 21.8 Å². The Hall–Kier alpha value is -4.24. The number of aryl methyl sites for hydroxylation is 2. The van der Waals surface area contributed by atoms with Gasteiger partial charge in [0, 0.05) is 28.6 Å². The fourth-order valence-electron chi connectivity index (χ4n) is 5.40. The van der Waals surface area contributed by atoms with Crippen molar-refractivity contribution in [2.75, 3.05) is 0 Å². The van der Waals surface area contributed by atoms with Crippen molar-refractivity contribution in [3.63, 3.8) is 0 Å². The number of pyridine rings is 2. The summed E-state index contributed by atoms with van der Waals surface area (Å²) in [7, 11) is 0. The SMILES string of the molecule is Cc1ccnc(-n2c3ccccc3c3ccc(-c4cccc(C(C)(C)c5ncccc5C)c4)cc32)c1. The zero-order valence-corrected chi connectivity index (χ0v) is 21.2. The Morgan fingerprint density at radius 2 is 1.44 bits per heavy atom. The number of rotatable bonds is 4. The van der Waals surface area contributed by atoms with Crippen LogP contribution in [-0.4, -0.2) is 14.5 Å². The zero-order valence-electron chi connectivity index (χ0n) is 21.2. The molecule has 3 heterocycles. The van der Waals surface area contributed by atoms with Gasteiger partial charge in [0.05, 0.1) is 16.7 Å². The van der Waals surface area contributed by atoms with E-state index in [1.807, 2.05) is 24.5 Å². The molecule has 0 spiro atoms. The van der Waals surface area contributed by atoms with Crippen LogP contribution in [0.5, 0.6) is 0 Å². The fourth-order valence-corrected chi connectivity index (χ4v) is 5.40. The Balaban J connectivity index is 1.54. The van der Waals surface area contributed by atoms with E-state index in [0.717, 1.165) is 17.0 Å². The molecule has 0 saturated heterocycles. The van der Waals surface area contributed by atoms with Crippen molar-refractivity contribution in [1.29, 1.82) is 0 Å². The highest BCUT2D eigenvalue weighted by atomic mass is 15.1. The van der Waals surface area contributed by atoms with Crippen LogP contribution < -0.4 is 0 Å². The van der Waals surface area contributed by atoms with Gasteiger partial charge in [-0.3, -0.25) is 9.55 Å². The minimum atomic E-state index is -0.203. The van der Waals surface area contributed by atoms with E-state index < -0.39 is 0 Å². The number of hydrogen-bond donors (Lipinski definition) is 0. The lowest BCUT2D eigenvalue weighted by molar-refractivity contribution is 0.611. The normalized spacial score (nSPS) is 11.9. The quantitative estimate of drug-likeness (QED) is 0.262. The molecular formula is C33H29N3. The number of hydrogen-bond acceptors (Lipinski definition) is 2. The van der Waals surface area contributed by atoms with E-state index >= 15 is 0 Å². The summed E-state index contributed by atoms with van der Waals surface area (Å²) in [6, 6.07) is 32.6. The first-order valence-corrected chi connectivity index (χ1v) is 12.4. The van der Waals surface area contributed by atoms with Crippen LogP contribution in [0.25, 0.3) is 38.8 Å². The van der Waals surface area contributed by atoms with Gasteiger partial charge >= 0.3 is 0 Å². The number of benzene rings is 3. The van der Waals surface area contributed by atoms with Crippen LogP contribution in [0, 0.1) is 13.8 Å². The first kappa shape index (κ1) is 22.2. The predicted molar refractivity (Wildman–Crippen MR) is 150 cm³/mol. The van der Waals surface area contributed by atoms with Gasteiger partial charge in [0.15, 0.2) is 0 Å². The summed E-state index contributed by atoms with van der Waals surface area (Å²) in [5.41, 5.74) is 9.29. The minimum Gasteiger partial charge on any atom is -0.294 e. The molecule has 0 bridgehead atoms. The summed E-state index contributed by atoms with van der Waals surface area (Å²) >= 11 is 0. The maximum Gasteiger partial charge on any atom is 0.137 e. The predicted octanol–water partition coefficient (Wildman–Crippen LogP) is 8.18. The maximum atomic E-state index is 4.74. The van der Waals surface area contributed by atoms with Gasteiger partial charge in [-0.25, -0.2) is 4.98 Å². The van der Waals surface area contributed by atoms with E-state index in [2.05, 4.69) is 111 Å². The van der Waals surface area contributed by atoms with Crippen LogP contribution in [0.3, 0.4) is 0 Å². The summed E-state index contributed by atoms with van der Waals surface area (Å²) in [5, 5.41) is 2.47. The maximum absolute atomic E-state index is 4.74. The van der Waals surface area contributed by atoms with Gasteiger partial charge in [-0.1, -0.05) is 74.5 Å². The lowest BCUT2D eigenvalue weighted by atomic mass is 9.78. The third kappa shape index (κ3) is 3.59. The fraction of sp³-hybridized carbons (Fsp3) is 0.152. The van der Waals surface area contributed by atoms with Gasteiger partial charge in [-0.2, -0.15) is 0 Å². The second kappa shape index (κ2) is 8.46. The molecule has 0 aliphatic heterocycles. The Morgan fingerprint density at radius 3 is 2.28 bits per heavy atom. The lowest BCUT2D eigenvalue weighted by Gasteiger charge is -2.27. The van der Waals surface area contributed by atoms with Gasteiger partial charge in [0.2, 0.25) is 0 Å². The molecule has 3 nitrogen and oxygen atoms in total. The smallest absolute Gasteiger partial charge is 0.137 e. The standard InChI is InChI=1S/C33H29N3/c1-22-16-18-34-31(19-22)36-29-13-6-5-12-27(29)28-15-14-25(21-30(28)36)24-10-7-11-26(20-24)33(3,4)32-23(2)9-8-17-35-32/h5-21H,1-4H3. The molecule has 0 unspecified atom stereocenters. The number of fused-ring (bicyclic) bond motifs is 3. The molecule has 176 valence electrons. The van der Waals surface area contributed by atoms with Gasteiger partial charge in [-0.15, -0.1) is 0 Å². The highest BCUT2D eigenvalue weighted by Crippen LogP contribution is 2.37. The molecular weight excluding hydrogens is 438 g/mol. The molecule has 0 amide bonds. The molecule has 3 heteroatoms. The molecule has 0 aliphatic carbocycles. The van der Waals surface area contributed by atoms with Crippen molar-refractivity contribution in [1.82, 2.24) is 14.5 Å². The van der Waals surface area contributed by atoms with E-state index in [-0.39, 0.29) is 5.41 Å². The van der Waals surface area contributed by atoms with Crippen LogP contribution in [0.1, 0.15) is 36.2 Å². The number of nitrogens with zero attached hydrogens (tertiary/aromatic N) is 3. The molecule has 0 radical (unpaired) electrons. The van der Waals surface area contributed by atoms with Crippen LogP contribution in [-0.2, 0) is 5.41 Å². The van der Waals surface area contributed by atoms with Gasteiger partial charge in [0.1, 0.15) is 5.82 Å². The largest absolute Gasteiger partial charge is 0.294 e. The van der Waals surface area contributed by atoms with E-state index in [4.69, 9.17) is 9.97 Å². The Morgan fingerprint density at radius 1 is 0.639 bits per heavy atom. The summed E-state index contributed by atoms with van der Waals surface area (Å²) in [6.45, 7) is 8.76. The molecule has 0 fully saturated rings. The third-order valence-corrected chi connectivity index (χ3v) is 7.32. The highest BCUT2D eigenvalue weighted by Gasteiger charge is 2.26. The molecule has 6 aromatic rings. The lowest BCUT2D eigenvalue weighted by Crippen LogP contribution is -2.22. The first-order valence-electron chi connectivity index (χ1n) is 12.4. The molecule has 0 atom stereocenters. The highest BCUT2D eigenvalue weighted by molar-refractivity contribution is 6.10. The Kier molecular flexibility index (Phi) is 5.22.